The van der Waals surface area contributed by atoms with Crippen LogP contribution in [0.25, 0.3) is 0 Å². The van der Waals surface area contributed by atoms with E-state index in [1.54, 1.807) is 48.5 Å². The van der Waals surface area contributed by atoms with Crippen LogP contribution in [0.1, 0.15) is 29.7 Å². The van der Waals surface area contributed by atoms with Gasteiger partial charge in [-0.05, 0) is 61.4 Å². The van der Waals surface area contributed by atoms with Crippen molar-refractivity contribution in [2.75, 3.05) is 10.9 Å². The molecule has 0 fully saturated rings. The maximum absolute atomic E-state index is 13.6. The number of anilines is 1. The standard InChI is InChI=1S/C30H30N2O4S/c1-23-13-19-29(20-14-23)37(34,35)32(21-25-9-5-3-6-10-25)27-15-17-28(18-16-27)36-22-30(33)31-24(2)26-11-7-4-8-12-26/h3-20,24H,21-22H2,1-2H3,(H,31,33). The molecule has 4 aromatic carbocycles. The van der Waals surface area contributed by atoms with Crippen molar-refractivity contribution in [3.8, 4) is 5.75 Å². The van der Waals surface area contributed by atoms with Gasteiger partial charge in [-0.3, -0.25) is 9.10 Å². The van der Waals surface area contributed by atoms with E-state index in [0.29, 0.717) is 11.4 Å². The van der Waals surface area contributed by atoms with Gasteiger partial charge in [-0.25, -0.2) is 8.42 Å². The lowest BCUT2D eigenvalue weighted by atomic mass is 10.1. The van der Waals surface area contributed by atoms with E-state index in [2.05, 4.69) is 5.32 Å². The Morgan fingerprint density at radius 2 is 1.43 bits per heavy atom. The highest BCUT2D eigenvalue weighted by atomic mass is 32.2. The number of nitrogens with one attached hydrogen (secondary N) is 1. The summed E-state index contributed by atoms with van der Waals surface area (Å²) in [7, 11) is -3.82. The monoisotopic (exact) mass is 514 g/mol. The Balaban J connectivity index is 1.48. The lowest BCUT2D eigenvalue weighted by Crippen LogP contribution is -2.31. The van der Waals surface area contributed by atoms with E-state index in [1.807, 2.05) is 74.5 Å². The molecule has 0 saturated heterocycles. The van der Waals surface area contributed by atoms with Crippen LogP contribution in [0, 0.1) is 6.92 Å². The van der Waals surface area contributed by atoms with Gasteiger partial charge in [0.05, 0.1) is 23.2 Å². The molecule has 0 aliphatic rings. The number of amides is 1. The molecule has 6 nitrogen and oxygen atoms in total. The number of carbonyl (C=O) groups is 1. The summed E-state index contributed by atoms with van der Waals surface area (Å²) < 4.78 is 34.3. The van der Waals surface area contributed by atoms with Gasteiger partial charge in [0, 0.05) is 0 Å². The van der Waals surface area contributed by atoms with Gasteiger partial charge in [0.25, 0.3) is 15.9 Å². The van der Waals surface area contributed by atoms with Crippen LogP contribution in [0.4, 0.5) is 5.69 Å². The summed E-state index contributed by atoms with van der Waals surface area (Å²) >= 11 is 0. The lowest BCUT2D eigenvalue weighted by molar-refractivity contribution is -0.123. The Labute approximate surface area is 218 Å². The number of ether oxygens (including phenoxy) is 1. The first-order chi connectivity index (χ1) is 17.8. The molecule has 0 radical (unpaired) electrons. The number of sulfonamides is 1. The molecular formula is C30H30N2O4S. The molecule has 0 spiro atoms. The predicted molar refractivity (Wildman–Crippen MR) is 146 cm³/mol. The molecule has 37 heavy (non-hydrogen) atoms. The number of aryl methyl sites for hydroxylation is 1. The molecule has 190 valence electrons. The average molecular weight is 515 g/mol. The highest BCUT2D eigenvalue weighted by molar-refractivity contribution is 7.92. The van der Waals surface area contributed by atoms with Gasteiger partial charge < -0.3 is 10.1 Å². The number of nitrogens with zero attached hydrogens (tertiary/aromatic N) is 1. The second kappa shape index (κ2) is 11.8. The SMILES string of the molecule is Cc1ccc(S(=O)(=O)N(Cc2ccccc2)c2ccc(OCC(=O)NC(C)c3ccccc3)cc2)cc1. The molecule has 1 N–H and O–H groups in total. The van der Waals surface area contributed by atoms with Crippen molar-refractivity contribution < 1.29 is 17.9 Å². The van der Waals surface area contributed by atoms with E-state index < -0.39 is 10.0 Å². The quantitative estimate of drug-likeness (QED) is 0.297. The molecular weight excluding hydrogens is 484 g/mol. The molecule has 0 aliphatic carbocycles. The van der Waals surface area contributed by atoms with Gasteiger partial charge in [-0.1, -0.05) is 78.4 Å². The molecule has 0 aromatic heterocycles. The Hall–Kier alpha value is -4.10. The third kappa shape index (κ3) is 6.77. The fourth-order valence-electron chi connectivity index (χ4n) is 3.87. The summed E-state index contributed by atoms with van der Waals surface area (Å²) in [6.07, 6.45) is 0. The van der Waals surface area contributed by atoms with Gasteiger partial charge in [0.15, 0.2) is 6.61 Å². The van der Waals surface area contributed by atoms with Crippen molar-refractivity contribution in [3.63, 3.8) is 0 Å². The third-order valence-electron chi connectivity index (χ3n) is 5.95. The third-order valence-corrected chi connectivity index (χ3v) is 7.74. The summed E-state index contributed by atoms with van der Waals surface area (Å²) in [5.41, 5.74) is 3.35. The van der Waals surface area contributed by atoms with Crippen LogP contribution >= 0.6 is 0 Å². The Bertz CT molecular complexity index is 1410. The van der Waals surface area contributed by atoms with Crippen molar-refractivity contribution in [2.45, 2.75) is 31.3 Å². The average Bonchev–Trinajstić information content (AvgIpc) is 2.92. The first kappa shape index (κ1) is 26.0. The van der Waals surface area contributed by atoms with Crippen molar-refractivity contribution in [1.29, 1.82) is 0 Å². The Morgan fingerprint density at radius 3 is 2.05 bits per heavy atom. The van der Waals surface area contributed by atoms with Crippen molar-refractivity contribution >= 4 is 21.6 Å². The predicted octanol–water partition coefficient (Wildman–Crippen LogP) is 5.65. The molecule has 1 atom stereocenters. The zero-order chi connectivity index (χ0) is 26.3. The number of rotatable bonds is 10. The molecule has 7 heteroatoms. The summed E-state index contributed by atoms with van der Waals surface area (Å²) in [6, 6.07) is 32.5. The van der Waals surface area contributed by atoms with Gasteiger partial charge >= 0.3 is 0 Å². The molecule has 0 aliphatic heterocycles. The van der Waals surface area contributed by atoms with Crippen LogP contribution in [-0.4, -0.2) is 20.9 Å². The van der Waals surface area contributed by atoms with E-state index in [4.69, 9.17) is 4.74 Å². The molecule has 0 heterocycles. The van der Waals surface area contributed by atoms with Gasteiger partial charge in [-0.2, -0.15) is 0 Å². The molecule has 1 amide bonds. The summed E-state index contributed by atoms with van der Waals surface area (Å²) in [5, 5.41) is 2.91. The molecule has 1 unspecified atom stereocenters. The normalized spacial score (nSPS) is 11.9. The van der Waals surface area contributed by atoms with Gasteiger partial charge in [0.1, 0.15) is 5.75 Å². The Kier molecular flexibility index (Phi) is 8.25. The summed E-state index contributed by atoms with van der Waals surface area (Å²) in [5.74, 6) is 0.228. The zero-order valence-corrected chi connectivity index (χ0v) is 21.7. The maximum Gasteiger partial charge on any atom is 0.264 e. The van der Waals surface area contributed by atoms with Crippen LogP contribution in [-0.2, 0) is 21.4 Å². The molecule has 4 aromatic rings. The largest absolute Gasteiger partial charge is 0.484 e. The summed E-state index contributed by atoms with van der Waals surface area (Å²) in [6.45, 7) is 3.86. The fraction of sp³-hybridized carbons (Fsp3) is 0.167. The number of carbonyl (C=O) groups excluding carboxylic acids is 1. The van der Waals surface area contributed by atoms with Gasteiger partial charge in [-0.15, -0.1) is 0 Å². The van der Waals surface area contributed by atoms with Crippen LogP contribution in [0.15, 0.2) is 114 Å². The maximum atomic E-state index is 13.6. The number of benzene rings is 4. The highest BCUT2D eigenvalue weighted by Gasteiger charge is 2.25. The minimum atomic E-state index is -3.82. The molecule has 4 rings (SSSR count). The van der Waals surface area contributed by atoms with Crippen LogP contribution in [0.3, 0.4) is 0 Å². The second-order valence-corrected chi connectivity index (χ2v) is 10.7. The Morgan fingerprint density at radius 1 is 0.838 bits per heavy atom. The van der Waals surface area contributed by atoms with Crippen molar-refractivity contribution in [1.82, 2.24) is 5.32 Å². The molecule has 0 saturated carbocycles. The smallest absolute Gasteiger partial charge is 0.264 e. The first-order valence-corrected chi connectivity index (χ1v) is 13.5. The highest BCUT2D eigenvalue weighted by Crippen LogP contribution is 2.28. The fourth-order valence-corrected chi connectivity index (χ4v) is 5.32. The topological polar surface area (TPSA) is 75.7 Å². The van der Waals surface area contributed by atoms with Gasteiger partial charge in [0.2, 0.25) is 0 Å². The second-order valence-electron chi connectivity index (χ2n) is 8.79. The van der Waals surface area contributed by atoms with Crippen molar-refractivity contribution in [2.24, 2.45) is 0 Å². The van der Waals surface area contributed by atoms with E-state index >= 15 is 0 Å². The van der Waals surface area contributed by atoms with E-state index in [1.165, 1.54) is 4.31 Å². The van der Waals surface area contributed by atoms with Crippen LogP contribution in [0.2, 0.25) is 0 Å². The van der Waals surface area contributed by atoms with E-state index in [-0.39, 0.29) is 30.0 Å². The first-order valence-electron chi connectivity index (χ1n) is 12.0. The number of hydrogen-bond donors (Lipinski definition) is 1. The minimum absolute atomic E-state index is 0.141. The lowest BCUT2D eigenvalue weighted by Gasteiger charge is -2.25. The van der Waals surface area contributed by atoms with E-state index in [9.17, 15) is 13.2 Å². The zero-order valence-electron chi connectivity index (χ0n) is 20.9. The minimum Gasteiger partial charge on any atom is -0.484 e. The van der Waals surface area contributed by atoms with E-state index in [0.717, 1.165) is 16.7 Å². The number of hydrogen-bond acceptors (Lipinski definition) is 4. The van der Waals surface area contributed by atoms with Crippen LogP contribution < -0.4 is 14.4 Å². The molecule has 0 bridgehead atoms. The summed E-state index contributed by atoms with van der Waals surface area (Å²) in [4.78, 5) is 12.6. The van der Waals surface area contributed by atoms with Crippen molar-refractivity contribution in [3.05, 3.63) is 126 Å². The van der Waals surface area contributed by atoms with Crippen LogP contribution in [0.5, 0.6) is 5.75 Å².